The summed E-state index contributed by atoms with van der Waals surface area (Å²) in [5.41, 5.74) is 0.782. The molecule has 6 heteroatoms. The number of thiophene rings is 1. The maximum atomic E-state index is 6.22. The van der Waals surface area contributed by atoms with Crippen LogP contribution >= 0.6 is 34.5 Å². The van der Waals surface area contributed by atoms with Crippen LogP contribution in [0.25, 0.3) is 10.2 Å². The maximum Gasteiger partial charge on any atom is 0.142 e. The van der Waals surface area contributed by atoms with Crippen LogP contribution in [0.15, 0.2) is 24.3 Å². The molecule has 0 spiro atoms. The number of fused-ring (bicyclic) bond motifs is 1. The number of nitrogens with zero attached hydrogens (tertiary/aromatic N) is 2. The minimum atomic E-state index is 0.567. The van der Waals surface area contributed by atoms with Crippen molar-refractivity contribution in [1.82, 2.24) is 9.97 Å². The second kappa shape index (κ2) is 5.79. The molecular formula is C15H13Cl2N3S. The van der Waals surface area contributed by atoms with Crippen molar-refractivity contribution in [3.63, 3.8) is 0 Å². The van der Waals surface area contributed by atoms with Gasteiger partial charge in [-0.15, -0.1) is 11.3 Å². The van der Waals surface area contributed by atoms with Crippen molar-refractivity contribution in [3.05, 3.63) is 45.0 Å². The van der Waals surface area contributed by atoms with E-state index in [1.165, 1.54) is 4.88 Å². The fraction of sp³-hybridized carbons (Fsp3) is 0.200. The van der Waals surface area contributed by atoms with Crippen LogP contribution < -0.4 is 5.32 Å². The highest BCUT2D eigenvalue weighted by atomic mass is 35.5. The Balaban J connectivity index is 2.08. The van der Waals surface area contributed by atoms with E-state index in [0.717, 1.165) is 34.0 Å². The number of aryl methyl sites for hydroxylation is 2. The fourth-order valence-corrected chi connectivity index (χ4v) is 3.53. The molecule has 0 saturated carbocycles. The molecule has 1 aromatic carbocycles. The Bertz CT molecular complexity index is 814. The van der Waals surface area contributed by atoms with Crippen LogP contribution in [0.4, 0.5) is 11.5 Å². The topological polar surface area (TPSA) is 37.8 Å². The minimum absolute atomic E-state index is 0.567. The van der Waals surface area contributed by atoms with Gasteiger partial charge in [0.15, 0.2) is 0 Å². The van der Waals surface area contributed by atoms with Crippen LogP contribution in [-0.4, -0.2) is 9.97 Å². The molecule has 3 nitrogen and oxygen atoms in total. The van der Waals surface area contributed by atoms with Crippen LogP contribution in [0.3, 0.4) is 0 Å². The van der Waals surface area contributed by atoms with E-state index >= 15 is 0 Å². The molecule has 0 atom stereocenters. The first-order valence-corrected chi connectivity index (χ1v) is 8.13. The normalized spacial score (nSPS) is 11.0. The molecule has 2 aromatic heterocycles. The standard InChI is InChI=1S/C15H13Cl2N3S/c1-3-10-7-11-14(18-8(2)19-15(11)21-10)20-13-5-4-9(16)6-12(13)17/h4-7H,3H2,1-2H3,(H,18,19,20). The molecule has 0 aliphatic carbocycles. The predicted octanol–water partition coefficient (Wildman–Crippen LogP) is 5.61. The number of halogens is 2. The van der Waals surface area contributed by atoms with Crippen molar-refractivity contribution in [1.29, 1.82) is 0 Å². The molecule has 0 aliphatic rings. The van der Waals surface area contributed by atoms with E-state index < -0.39 is 0 Å². The average molecular weight is 338 g/mol. The molecule has 2 heterocycles. The van der Waals surface area contributed by atoms with Gasteiger partial charge >= 0.3 is 0 Å². The van der Waals surface area contributed by atoms with Gasteiger partial charge < -0.3 is 5.32 Å². The summed E-state index contributed by atoms with van der Waals surface area (Å²) >= 11 is 13.8. The molecule has 1 N–H and O–H groups in total. The monoisotopic (exact) mass is 337 g/mol. The van der Waals surface area contributed by atoms with Crippen molar-refractivity contribution < 1.29 is 0 Å². The highest BCUT2D eigenvalue weighted by molar-refractivity contribution is 7.18. The van der Waals surface area contributed by atoms with E-state index in [0.29, 0.717) is 10.0 Å². The van der Waals surface area contributed by atoms with Gasteiger partial charge in [0.2, 0.25) is 0 Å². The molecular weight excluding hydrogens is 325 g/mol. The third-order valence-corrected chi connectivity index (χ3v) is 4.81. The molecule has 108 valence electrons. The van der Waals surface area contributed by atoms with E-state index in [4.69, 9.17) is 23.2 Å². The molecule has 0 aliphatic heterocycles. The molecule has 0 radical (unpaired) electrons. The minimum Gasteiger partial charge on any atom is -0.338 e. The van der Waals surface area contributed by atoms with Crippen molar-refractivity contribution >= 4 is 56.3 Å². The average Bonchev–Trinajstić information content (AvgIpc) is 2.85. The smallest absolute Gasteiger partial charge is 0.142 e. The number of hydrogen-bond donors (Lipinski definition) is 1. The fourth-order valence-electron chi connectivity index (χ4n) is 2.07. The molecule has 21 heavy (non-hydrogen) atoms. The largest absolute Gasteiger partial charge is 0.338 e. The van der Waals surface area contributed by atoms with Gasteiger partial charge in [-0.05, 0) is 37.6 Å². The maximum absolute atomic E-state index is 6.22. The third-order valence-electron chi connectivity index (χ3n) is 3.09. The lowest BCUT2D eigenvalue weighted by Crippen LogP contribution is -1.98. The number of benzene rings is 1. The van der Waals surface area contributed by atoms with Gasteiger partial charge in [-0.1, -0.05) is 30.1 Å². The Kier molecular flexibility index (Phi) is 4.02. The summed E-state index contributed by atoms with van der Waals surface area (Å²) in [7, 11) is 0. The highest BCUT2D eigenvalue weighted by Crippen LogP contribution is 2.33. The summed E-state index contributed by atoms with van der Waals surface area (Å²) < 4.78 is 0. The summed E-state index contributed by atoms with van der Waals surface area (Å²) in [6.07, 6.45) is 0.987. The second-order valence-corrected chi connectivity index (χ2v) is 6.61. The van der Waals surface area contributed by atoms with Crippen LogP contribution in [-0.2, 0) is 6.42 Å². The third kappa shape index (κ3) is 2.98. The van der Waals surface area contributed by atoms with Crippen LogP contribution in [0.1, 0.15) is 17.6 Å². The summed E-state index contributed by atoms with van der Waals surface area (Å²) in [4.78, 5) is 11.3. The predicted molar refractivity (Wildman–Crippen MR) is 91.3 cm³/mol. The Morgan fingerprint density at radius 3 is 2.71 bits per heavy atom. The summed E-state index contributed by atoms with van der Waals surface area (Å²) in [6.45, 7) is 4.02. The van der Waals surface area contributed by atoms with Gasteiger partial charge in [-0.3, -0.25) is 0 Å². The lowest BCUT2D eigenvalue weighted by molar-refractivity contribution is 1.10. The molecule has 3 rings (SSSR count). The molecule has 0 fully saturated rings. The Hall–Kier alpha value is -1.36. The molecule has 0 unspecified atom stereocenters. The Morgan fingerprint density at radius 2 is 2.00 bits per heavy atom. The molecule has 0 amide bonds. The zero-order valence-corrected chi connectivity index (χ0v) is 13.9. The molecule has 0 saturated heterocycles. The van der Waals surface area contributed by atoms with Crippen molar-refractivity contribution in [2.45, 2.75) is 20.3 Å². The zero-order valence-electron chi connectivity index (χ0n) is 11.6. The molecule has 0 bridgehead atoms. The van der Waals surface area contributed by atoms with Gasteiger partial charge in [-0.25, -0.2) is 9.97 Å². The lowest BCUT2D eigenvalue weighted by atomic mass is 10.2. The van der Waals surface area contributed by atoms with Crippen LogP contribution in [0.2, 0.25) is 10.0 Å². The number of anilines is 2. The van der Waals surface area contributed by atoms with Crippen molar-refractivity contribution in [3.8, 4) is 0 Å². The van der Waals surface area contributed by atoms with E-state index in [-0.39, 0.29) is 0 Å². The van der Waals surface area contributed by atoms with Gasteiger partial charge in [0.05, 0.1) is 16.1 Å². The van der Waals surface area contributed by atoms with Gasteiger partial charge in [0.1, 0.15) is 16.5 Å². The second-order valence-electron chi connectivity index (χ2n) is 4.65. The summed E-state index contributed by atoms with van der Waals surface area (Å²) in [5.74, 6) is 1.51. The lowest BCUT2D eigenvalue weighted by Gasteiger charge is -2.09. The van der Waals surface area contributed by atoms with Crippen LogP contribution in [0, 0.1) is 6.92 Å². The summed E-state index contributed by atoms with van der Waals surface area (Å²) in [5, 5.41) is 5.48. The van der Waals surface area contributed by atoms with Crippen molar-refractivity contribution in [2.24, 2.45) is 0 Å². The van der Waals surface area contributed by atoms with Gasteiger partial charge in [0, 0.05) is 9.90 Å². The number of hydrogen-bond acceptors (Lipinski definition) is 4. The quantitative estimate of drug-likeness (QED) is 0.674. The SMILES string of the molecule is CCc1cc2c(Nc3ccc(Cl)cc3Cl)nc(C)nc2s1. The van der Waals surface area contributed by atoms with E-state index in [1.54, 1.807) is 23.5 Å². The number of rotatable bonds is 3. The summed E-state index contributed by atoms with van der Waals surface area (Å²) in [6, 6.07) is 7.49. The number of nitrogens with one attached hydrogen (secondary N) is 1. The van der Waals surface area contributed by atoms with Crippen molar-refractivity contribution in [2.75, 3.05) is 5.32 Å². The Morgan fingerprint density at radius 1 is 1.19 bits per heavy atom. The number of aromatic nitrogens is 2. The highest BCUT2D eigenvalue weighted by Gasteiger charge is 2.11. The first-order chi connectivity index (χ1) is 10.1. The van der Waals surface area contributed by atoms with E-state index in [1.807, 2.05) is 13.0 Å². The van der Waals surface area contributed by atoms with Crippen LogP contribution in [0.5, 0.6) is 0 Å². The molecule has 3 aromatic rings. The van der Waals surface area contributed by atoms with E-state index in [9.17, 15) is 0 Å². The first kappa shape index (κ1) is 14.6. The van der Waals surface area contributed by atoms with Gasteiger partial charge in [0.25, 0.3) is 0 Å². The van der Waals surface area contributed by atoms with Gasteiger partial charge in [-0.2, -0.15) is 0 Å². The Labute approximate surface area is 137 Å². The first-order valence-electron chi connectivity index (χ1n) is 6.56. The van der Waals surface area contributed by atoms with E-state index in [2.05, 4.69) is 28.3 Å². The zero-order chi connectivity index (χ0) is 15.0.